The molecular weight excluding hydrogens is 316 g/mol. The fraction of sp³-hybridized carbons (Fsp3) is 0.300. The third kappa shape index (κ3) is 4.67. The zero-order chi connectivity index (χ0) is 17.6. The van der Waals surface area contributed by atoms with Crippen LogP contribution in [0.2, 0.25) is 0 Å². The molecule has 1 saturated heterocycles. The molecule has 0 saturated carbocycles. The van der Waals surface area contributed by atoms with Crippen LogP contribution in [0.3, 0.4) is 0 Å². The SMILES string of the molecule is Cc1ccc(C(=O)Nc2cccc(C(=O)NC[C@@H]3CCCO3)c2)cc1. The number of hydrogen-bond donors (Lipinski definition) is 2. The average Bonchev–Trinajstić information content (AvgIpc) is 3.14. The zero-order valence-electron chi connectivity index (χ0n) is 14.2. The van der Waals surface area contributed by atoms with Crippen LogP contribution in [0.25, 0.3) is 0 Å². The Kier molecular flexibility index (Phi) is 5.46. The Balaban J connectivity index is 1.61. The second-order valence-electron chi connectivity index (χ2n) is 6.25. The summed E-state index contributed by atoms with van der Waals surface area (Å²) in [6, 6.07) is 14.3. The molecule has 3 rings (SSSR count). The van der Waals surface area contributed by atoms with E-state index in [2.05, 4.69) is 10.6 Å². The highest BCUT2D eigenvalue weighted by Gasteiger charge is 2.17. The van der Waals surface area contributed by atoms with Crippen molar-refractivity contribution in [2.45, 2.75) is 25.9 Å². The largest absolute Gasteiger partial charge is 0.376 e. The van der Waals surface area contributed by atoms with Crippen molar-refractivity contribution < 1.29 is 14.3 Å². The van der Waals surface area contributed by atoms with Gasteiger partial charge in [-0.15, -0.1) is 0 Å². The number of ether oxygens (including phenoxy) is 1. The molecule has 0 aromatic heterocycles. The van der Waals surface area contributed by atoms with Crippen LogP contribution in [0.1, 0.15) is 39.1 Å². The normalized spacial score (nSPS) is 16.4. The molecule has 25 heavy (non-hydrogen) atoms. The number of hydrogen-bond acceptors (Lipinski definition) is 3. The van der Waals surface area contributed by atoms with Crippen molar-refractivity contribution in [2.75, 3.05) is 18.5 Å². The van der Waals surface area contributed by atoms with Gasteiger partial charge >= 0.3 is 0 Å². The van der Waals surface area contributed by atoms with Gasteiger partial charge in [-0.3, -0.25) is 9.59 Å². The molecule has 1 aliphatic rings. The molecule has 2 N–H and O–H groups in total. The highest BCUT2D eigenvalue weighted by Crippen LogP contribution is 2.14. The van der Waals surface area contributed by atoms with Crippen LogP contribution < -0.4 is 10.6 Å². The van der Waals surface area contributed by atoms with E-state index in [-0.39, 0.29) is 17.9 Å². The number of rotatable bonds is 5. The third-order valence-electron chi connectivity index (χ3n) is 4.21. The summed E-state index contributed by atoms with van der Waals surface area (Å²) in [6.07, 6.45) is 2.13. The summed E-state index contributed by atoms with van der Waals surface area (Å²) in [5.41, 5.74) is 2.79. The number of benzene rings is 2. The van der Waals surface area contributed by atoms with Crippen molar-refractivity contribution in [2.24, 2.45) is 0 Å². The van der Waals surface area contributed by atoms with Crippen molar-refractivity contribution >= 4 is 17.5 Å². The van der Waals surface area contributed by atoms with E-state index in [0.29, 0.717) is 23.4 Å². The van der Waals surface area contributed by atoms with Crippen molar-refractivity contribution in [3.63, 3.8) is 0 Å². The molecule has 1 heterocycles. The first kappa shape index (κ1) is 17.2. The molecule has 130 valence electrons. The smallest absolute Gasteiger partial charge is 0.255 e. The van der Waals surface area contributed by atoms with Gasteiger partial charge in [0.05, 0.1) is 6.10 Å². The minimum absolute atomic E-state index is 0.105. The summed E-state index contributed by atoms with van der Waals surface area (Å²) in [6.45, 7) is 3.25. The zero-order valence-corrected chi connectivity index (χ0v) is 14.2. The highest BCUT2D eigenvalue weighted by atomic mass is 16.5. The van der Waals surface area contributed by atoms with Gasteiger partial charge in [-0.1, -0.05) is 23.8 Å². The lowest BCUT2D eigenvalue weighted by Crippen LogP contribution is -2.31. The maximum atomic E-state index is 12.3. The van der Waals surface area contributed by atoms with E-state index in [9.17, 15) is 9.59 Å². The molecule has 5 heteroatoms. The summed E-state index contributed by atoms with van der Waals surface area (Å²) in [5, 5.41) is 5.71. The fourth-order valence-corrected chi connectivity index (χ4v) is 2.76. The molecule has 2 aromatic carbocycles. The van der Waals surface area contributed by atoms with Gasteiger partial charge in [0.15, 0.2) is 0 Å². The first-order chi connectivity index (χ1) is 12.1. The molecule has 2 amide bonds. The van der Waals surface area contributed by atoms with Gasteiger partial charge in [0.2, 0.25) is 0 Å². The standard InChI is InChI=1S/C20H22N2O3/c1-14-7-9-15(10-8-14)20(24)22-17-5-2-4-16(12-17)19(23)21-13-18-6-3-11-25-18/h2,4-5,7-10,12,18H,3,6,11,13H2,1H3,(H,21,23)(H,22,24)/t18-/m0/s1. The molecule has 5 nitrogen and oxygen atoms in total. The third-order valence-corrected chi connectivity index (χ3v) is 4.21. The quantitative estimate of drug-likeness (QED) is 0.880. The summed E-state index contributed by atoms with van der Waals surface area (Å²) in [5.74, 6) is -0.362. The van der Waals surface area contributed by atoms with Crippen LogP contribution in [0, 0.1) is 6.92 Å². The van der Waals surface area contributed by atoms with Gasteiger partial charge in [-0.25, -0.2) is 0 Å². The molecule has 1 aliphatic heterocycles. The Hall–Kier alpha value is -2.66. The highest BCUT2D eigenvalue weighted by molar-refractivity contribution is 6.05. The van der Waals surface area contributed by atoms with Gasteiger partial charge in [0.25, 0.3) is 11.8 Å². The number of amides is 2. The van der Waals surface area contributed by atoms with E-state index in [4.69, 9.17) is 4.74 Å². The van der Waals surface area contributed by atoms with Crippen molar-refractivity contribution in [3.8, 4) is 0 Å². The van der Waals surface area contributed by atoms with Gasteiger partial charge < -0.3 is 15.4 Å². The van der Waals surface area contributed by atoms with Crippen LogP contribution in [0.4, 0.5) is 5.69 Å². The maximum Gasteiger partial charge on any atom is 0.255 e. The molecule has 0 radical (unpaired) electrons. The van der Waals surface area contributed by atoms with Gasteiger partial charge in [-0.05, 0) is 50.1 Å². The second-order valence-corrected chi connectivity index (χ2v) is 6.25. The van der Waals surface area contributed by atoms with Crippen molar-refractivity contribution in [1.29, 1.82) is 0 Å². The summed E-state index contributed by atoms with van der Waals surface area (Å²) < 4.78 is 5.50. The topological polar surface area (TPSA) is 67.4 Å². The molecule has 1 atom stereocenters. The summed E-state index contributed by atoms with van der Waals surface area (Å²) >= 11 is 0. The molecule has 0 spiro atoms. The monoisotopic (exact) mass is 338 g/mol. The minimum Gasteiger partial charge on any atom is -0.376 e. The lowest BCUT2D eigenvalue weighted by atomic mass is 10.1. The number of carbonyl (C=O) groups is 2. The van der Waals surface area contributed by atoms with Gasteiger partial charge in [0.1, 0.15) is 0 Å². The number of nitrogens with one attached hydrogen (secondary N) is 2. The Morgan fingerprint density at radius 2 is 1.88 bits per heavy atom. The van der Waals surface area contributed by atoms with E-state index in [0.717, 1.165) is 25.0 Å². The first-order valence-electron chi connectivity index (χ1n) is 8.50. The summed E-state index contributed by atoms with van der Waals surface area (Å²) in [7, 11) is 0. The molecular formula is C20H22N2O3. The van der Waals surface area contributed by atoms with Crippen LogP contribution >= 0.6 is 0 Å². The second kappa shape index (κ2) is 7.94. The molecule has 0 bridgehead atoms. The van der Waals surface area contributed by atoms with Gasteiger partial charge in [-0.2, -0.15) is 0 Å². The van der Waals surface area contributed by atoms with E-state index >= 15 is 0 Å². The van der Waals surface area contributed by atoms with E-state index < -0.39 is 0 Å². The van der Waals surface area contributed by atoms with Gasteiger partial charge in [0, 0.05) is 30.0 Å². The van der Waals surface area contributed by atoms with Crippen LogP contribution in [0.5, 0.6) is 0 Å². The molecule has 0 unspecified atom stereocenters. The fourth-order valence-electron chi connectivity index (χ4n) is 2.76. The number of aryl methyl sites for hydroxylation is 1. The van der Waals surface area contributed by atoms with Crippen molar-refractivity contribution in [1.82, 2.24) is 5.32 Å². The van der Waals surface area contributed by atoms with Crippen LogP contribution in [-0.2, 0) is 4.74 Å². The summed E-state index contributed by atoms with van der Waals surface area (Å²) in [4.78, 5) is 24.5. The van der Waals surface area contributed by atoms with Crippen LogP contribution in [-0.4, -0.2) is 31.1 Å². The molecule has 0 aliphatic carbocycles. The predicted molar refractivity (Wildman–Crippen MR) is 96.9 cm³/mol. The number of anilines is 1. The first-order valence-corrected chi connectivity index (χ1v) is 8.50. The Bertz CT molecular complexity index is 750. The average molecular weight is 338 g/mol. The predicted octanol–water partition coefficient (Wildman–Crippen LogP) is 3.16. The van der Waals surface area contributed by atoms with E-state index in [1.54, 1.807) is 36.4 Å². The molecule has 1 fully saturated rings. The van der Waals surface area contributed by atoms with E-state index in [1.165, 1.54) is 0 Å². The Labute approximate surface area is 147 Å². The lowest BCUT2D eigenvalue weighted by Gasteiger charge is -2.11. The van der Waals surface area contributed by atoms with E-state index in [1.807, 2.05) is 19.1 Å². The lowest BCUT2D eigenvalue weighted by molar-refractivity contribution is 0.0857. The maximum absolute atomic E-state index is 12.3. The Morgan fingerprint density at radius 3 is 2.60 bits per heavy atom. The van der Waals surface area contributed by atoms with Crippen LogP contribution in [0.15, 0.2) is 48.5 Å². The van der Waals surface area contributed by atoms with Crippen molar-refractivity contribution in [3.05, 3.63) is 65.2 Å². The Morgan fingerprint density at radius 1 is 1.08 bits per heavy atom. The molecule has 2 aromatic rings. The minimum atomic E-state index is -0.197. The number of carbonyl (C=O) groups excluding carboxylic acids is 2.